The topological polar surface area (TPSA) is 90.1 Å². The molecular weight excluding hydrogens is 352 g/mol. The summed E-state index contributed by atoms with van der Waals surface area (Å²) in [6, 6.07) is 11.0. The summed E-state index contributed by atoms with van der Waals surface area (Å²) in [5, 5.41) is 19.5. The van der Waals surface area contributed by atoms with Crippen LogP contribution < -0.4 is 5.32 Å². The molecule has 1 N–H and O–H groups in total. The summed E-state index contributed by atoms with van der Waals surface area (Å²) in [5.74, 6) is -0.347. The van der Waals surface area contributed by atoms with Crippen molar-refractivity contribution in [2.45, 2.75) is 26.8 Å². The number of rotatable bonds is 6. The van der Waals surface area contributed by atoms with Crippen LogP contribution in [0, 0.1) is 17.0 Å². The number of hydrogen-bond acceptors (Lipinski definition) is 5. The molecular formula is C18H18N4O3S. The monoisotopic (exact) mass is 370 g/mol. The van der Waals surface area contributed by atoms with E-state index in [1.807, 2.05) is 29.6 Å². The van der Waals surface area contributed by atoms with Gasteiger partial charge in [0.05, 0.1) is 28.3 Å². The highest BCUT2D eigenvalue weighted by molar-refractivity contribution is 7.12. The summed E-state index contributed by atoms with van der Waals surface area (Å²) in [6.07, 6.45) is 0.952. The van der Waals surface area contributed by atoms with Gasteiger partial charge in [0.15, 0.2) is 0 Å². The van der Waals surface area contributed by atoms with Gasteiger partial charge in [0.1, 0.15) is 0 Å². The number of anilines is 1. The van der Waals surface area contributed by atoms with Crippen molar-refractivity contribution in [1.29, 1.82) is 0 Å². The van der Waals surface area contributed by atoms with E-state index < -0.39 is 4.92 Å². The van der Waals surface area contributed by atoms with Crippen LogP contribution in [0.25, 0.3) is 0 Å². The summed E-state index contributed by atoms with van der Waals surface area (Å²) in [7, 11) is 0. The van der Waals surface area contributed by atoms with Gasteiger partial charge in [-0.1, -0.05) is 19.1 Å². The zero-order valence-corrected chi connectivity index (χ0v) is 15.2. The van der Waals surface area contributed by atoms with E-state index in [9.17, 15) is 14.9 Å². The maximum absolute atomic E-state index is 12.4. The van der Waals surface area contributed by atoms with Gasteiger partial charge in [0.2, 0.25) is 0 Å². The van der Waals surface area contributed by atoms with E-state index in [0.717, 1.165) is 17.7 Å². The number of amides is 1. The number of hydrogen-bond donors (Lipinski definition) is 1. The molecule has 0 saturated carbocycles. The third kappa shape index (κ3) is 3.97. The Morgan fingerprint density at radius 2 is 2.00 bits per heavy atom. The molecule has 0 bridgehead atoms. The number of nitrogens with one attached hydrogen (secondary N) is 1. The quantitative estimate of drug-likeness (QED) is 0.524. The fourth-order valence-electron chi connectivity index (χ4n) is 2.51. The molecule has 0 atom stereocenters. The lowest BCUT2D eigenvalue weighted by Crippen LogP contribution is -2.10. The smallest absolute Gasteiger partial charge is 0.358 e. The number of nitro groups is 1. The zero-order valence-electron chi connectivity index (χ0n) is 14.4. The van der Waals surface area contributed by atoms with Crippen LogP contribution in [0.3, 0.4) is 0 Å². The van der Waals surface area contributed by atoms with Crippen LogP contribution in [0.1, 0.15) is 33.4 Å². The van der Waals surface area contributed by atoms with E-state index in [-0.39, 0.29) is 11.7 Å². The highest BCUT2D eigenvalue weighted by Crippen LogP contribution is 2.20. The van der Waals surface area contributed by atoms with Gasteiger partial charge in [0.25, 0.3) is 5.91 Å². The molecule has 8 heteroatoms. The van der Waals surface area contributed by atoms with Crippen LogP contribution in [-0.2, 0) is 13.0 Å². The molecule has 0 spiro atoms. The second-order valence-electron chi connectivity index (χ2n) is 5.88. The van der Waals surface area contributed by atoms with Crippen molar-refractivity contribution in [2.75, 3.05) is 5.32 Å². The molecule has 0 aliphatic heterocycles. The van der Waals surface area contributed by atoms with Gasteiger partial charge in [-0.25, -0.2) is 0 Å². The van der Waals surface area contributed by atoms with Crippen molar-refractivity contribution in [1.82, 2.24) is 9.78 Å². The molecule has 2 heterocycles. The van der Waals surface area contributed by atoms with Crippen molar-refractivity contribution in [2.24, 2.45) is 0 Å². The first kappa shape index (κ1) is 17.8. The molecule has 1 aromatic carbocycles. The van der Waals surface area contributed by atoms with E-state index in [1.54, 1.807) is 17.7 Å². The van der Waals surface area contributed by atoms with Crippen LogP contribution in [-0.4, -0.2) is 20.6 Å². The Morgan fingerprint density at radius 1 is 1.27 bits per heavy atom. The first-order valence-corrected chi connectivity index (χ1v) is 9.00. The minimum Gasteiger partial charge on any atom is -0.358 e. The van der Waals surface area contributed by atoms with Crippen LogP contribution in [0.15, 0.2) is 41.8 Å². The Morgan fingerprint density at radius 3 is 2.62 bits per heavy atom. The fourth-order valence-corrected chi connectivity index (χ4v) is 3.31. The third-order valence-electron chi connectivity index (χ3n) is 3.99. The molecule has 0 aliphatic rings. The predicted molar refractivity (Wildman–Crippen MR) is 101 cm³/mol. The second-order valence-corrected chi connectivity index (χ2v) is 6.79. The third-order valence-corrected chi connectivity index (χ3v) is 4.96. The average molecular weight is 370 g/mol. The lowest BCUT2D eigenvalue weighted by molar-refractivity contribution is -0.389. The first-order valence-electron chi connectivity index (χ1n) is 8.13. The van der Waals surface area contributed by atoms with Gasteiger partial charge in [-0.15, -0.1) is 11.3 Å². The predicted octanol–water partition coefficient (Wildman–Crippen LogP) is 4.02. The van der Waals surface area contributed by atoms with Crippen molar-refractivity contribution >= 4 is 28.7 Å². The van der Waals surface area contributed by atoms with Crippen LogP contribution in [0.2, 0.25) is 0 Å². The fraction of sp³-hybridized carbons (Fsp3) is 0.222. The van der Waals surface area contributed by atoms with Gasteiger partial charge >= 0.3 is 5.82 Å². The molecule has 0 radical (unpaired) electrons. The largest absolute Gasteiger partial charge is 0.390 e. The molecule has 2 aromatic heterocycles. The highest BCUT2D eigenvalue weighted by atomic mass is 32.1. The zero-order chi connectivity index (χ0) is 18.7. The SMILES string of the molecule is CCc1ccc(NC(=O)c2cc(Cn3nc([N+](=O)[O-])cc3C)cs2)cc1. The maximum Gasteiger partial charge on any atom is 0.390 e. The van der Waals surface area contributed by atoms with Gasteiger partial charge in [-0.05, 0) is 53.0 Å². The van der Waals surface area contributed by atoms with Crippen molar-refractivity contribution in [3.05, 3.63) is 73.6 Å². The molecule has 3 aromatic rings. The minimum absolute atomic E-state index is 0.173. The van der Waals surface area contributed by atoms with E-state index in [1.165, 1.54) is 23.0 Å². The van der Waals surface area contributed by atoms with Crippen LogP contribution >= 0.6 is 11.3 Å². The molecule has 3 rings (SSSR count). The van der Waals surface area contributed by atoms with E-state index in [4.69, 9.17) is 0 Å². The van der Waals surface area contributed by atoms with E-state index >= 15 is 0 Å². The lowest BCUT2D eigenvalue weighted by atomic mass is 10.1. The number of benzene rings is 1. The van der Waals surface area contributed by atoms with E-state index in [0.29, 0.717) is 17.1 Å². The average Bonchev–Trinajstić information content (AvgIpc) is 3.23. The summed E-state index contributed by atoms with van der Waals surface area (Å²) in [5.41, 5.74) is 3.54. The Balaban J connectivity index is 1.68. The molecule has 1 amide bonds. The van der Waals surface area contributed by atoms with Crippen molar-refractivity contribution in [3.63, 3.8) is 0 Å². The highest BCUT2D eigenvalue weighted by Gasteiger charge is 2.17. The minimum atomic E-state index is -0.514. The van der Waals surface area contributed by atoms with Gasteiger partial charge in [0, 0.05) is 5.69 Å². The molecule has 7 nitrogen and oxygen atoms in total. The van der Waals surface area contributed by atoms with Crippen LogP contribution in [0.4, 0.5) is 11.5 Å². The second kappa shape index (κ2) is 7.49. The number of carbonyl (C=O) groups is 1. The molecule has 26 heavy (non-hydrogen) atoms. The molecule has 134 valence electrons. The normalized spacial score (nSPS) is 10.7. The Bertz CT molecular complexity index is 944. The molecule has 0 saturated heterocycles. The summed E-state index contributed by atoms with van der Waals surface area (Å²) >= 11 is 1.34. The lowest BCUT2D eigenvalue weighted by Gasteiger charge is -2.04. The summed E-state index contributed by atoms with van der Waals surface area (Å²) < 4.78 is 1.56. The summed E-state index contributed by atoms with van der Waals surface area (Å²) in [4.78, 5) is 23.3. The Hall–Kier alpha value is -3.00. The number of thiophene rings is 1. The standard InChI is InChI=1S/C18H18N4O3S/c1-3-13-4-6-15(7-5-13)19-18(23)16-9-14(11-26-16)10-21-12(2)8-17(20-21)22(24)25/h4-9,11H,3,10H2,1-2H3,(H,19,23). The number of aryl methyl sites for hydroxylation is 2. The number of aromatic nitrogens is 2. The summed E-state index contributed by atoms with van der Waals surface area (Å²) in [6.45, 7) is 4.23. The number of carbonyl (C=O) groups excluding carboxylic acids is 1. The van der Waals surface area contributed by atoms with Gasteiger partial charge in [-0.3, -0.25) is 4.79 Å². The Labute approximate surface area is 154 Å². The molecule has 0 fully saturated rings. The number of nitrogens with zero attached hydrogens (tertiary/aromatic N) is 3. The first-order chi connectivity index (χ1) is 12.5. The van der Waals surface area contributed by atoms with E-state index in [2.05, 4.69) is 17.3 Å². The van der Waals surface area contributed by atoms with Gasteiger partial charge < -0.3 is 15.4 Å². The van der Waals surface area contributed by atoms with Crippen molar-refractivity contribution in [3.8, 4) is 0 Å². The van der Waals surface area contributed by atoms with Crippen molar-refractivity contribution < 1.29 is 9.72 Å². The molecule has 0 unspecified atom stereocenters. The Kier molecular flexibility index (Phi) is 5.13. The van der Waals surface area contributed by atoms with Crippen LogP contribution in [0.5, 0.6) is 0 Å². The van der Waals surface area contributed by atoms with Gasteiger partial charge in [-0.2, -0.15) is 4.68 Å². The molecule has 0 aliphatic carbocycles. The maximum atomic E-state index is 12.4.